The largest absolute Gasteiger partial charge is 0.504 e. The second kappa shape index (κ2) is 8.34. The molecule has 0 amide bonds. The van der Waals surface area contributed by atoms with Gasteiger partial charge in [0.1, 0.15) is 0 Å². The summed E-state index contributed by atoms with van der Waals surface area (Å²) in [6, 6.07) is 12.4. The first-order valence-corrected chi connectivity index (χ1v) is 9.55. The number of rotatable bonds is 7. The summed E-state index contributed by atoms with van der Waals surface area (Å²) in [4.78, 5) is 21.2. The van der Waals surface area contributed by atoms with Gasteiger partial charge in [0.2, 0.25) is 0 Å². The minimum absolute atomic E-state index is 0.00486. The molecule has 0 aliphatic heterocycles. The Morgan fingerprint density at radius 3 is 2.77 bits per heavy atom. The van der Waals surface area contributed by atoms with Gasteiger partial charge in [-0.25, -0.2) is 4.98 Å². The molecule has 2 N–H and O–H groups in total. The first kappa shape index (κ1) is 19.6. The van der Waals surface area contributed by atoms with Crippen LogP contribution in [0.15, 0.2) is 61.1 Å². The van der Waals surface area contributed by atoms with Gasteiger partial charge in [-0.15, -0.1) is 0 Å². The maximum absolute atomic E-state index is 12.3. The number of phenolic OH excluding ortho intramolecular Hbond substituents is 1. The van der Waals surface area contributed by atoms with Crippen molar-refractivity contribution in [1.82, 2.24) is 14.4 Å². The standard InChI is InChI=1S/C23H21N3O4/c1-30-22-11-16(7-8-21(22)29)19-12-25-23-13-24-18(14-26(19)23)15-4-2-5-17(10-15)20(28)6-3-9-27/h2,4-5,7-8,10-14,27,29H,3,6,9H2,1H3. The van der Waals surface area contributed by atoms with Crippen LogP contribution in [0.2, 0.25) is 0 Å². The Bertz CT molecular complexity index is 1220. The number of aliphatic hydroxyl groups is 1. The van der Waals surface area contributed by atoms with Crippen LogP contribution in [0, 0.1) is 0 Å². The maximum atomic E-state index is 12.3. The number of ketones is 1. The van der Waals surface area contributed by atoms with E-state index in [4.69, 9.17) is 9.84 Å². The average Bonchev–Trinajstić information content (AvgIpc) is 3.21. The summed E-state index contributed by atoms with van der Waals surface area (Å²) in [7, 11) is 1.50. The zero-order valence-electron chi connectivity index (χ0n) is 16.4. The van der Waals surface area contributed by atoms with Crippen molar-refractivity contribution in [2.75, 3.05) is 13.7 Å². The number of nitrogens with zero attached hydrogens (tertiary/aromatic N) is 3. The number of phenols is 1. The van der Waals surface area contributed by atoms with Crippen LogP contribution in [0.5, 0.6) is 11.5 Å². The Balaban J connectivity index is 1.74. The summed E-state index contributed by atoms with van der Waals surface area (Å²) in [6.45, 7) is -0.00486. The van der Waals surface area contributed by atoms with Gasteiger partial charge in [-0.3, -0.25) is 14.2 Å². The van der Waals surface area contributed by atoms with Crippen LogP contribution in [0.1, 0.15) is 23.2 Å². The highest BCUT2D eigenvalue weighted by Crippen LogP contribution is 2.32. The molecule has 152 valence electrons. The molecule has 2 heterocycles. The number of carbonyl (C=O) groups excluding carboxylic acids is 1. The van der Waals surface area contributed by atoms with E-state index >= 15 is 0 Å². The quantitative estimate of drug-likeness (QED) is 0.457. The molecule has 0 saturated heterocycles. The number of fused-ring (bicyclic) bond motifs is 1. The van der Waals surface area contributed by atoms with Gasteiger partial charge < -0.3 is 14.9 Å². The fourth-order valence-electron chi connectivity index (χ4n) is 3.32. The molecule has 0 spiro atoms. The van der Waals surface area contributed by atoms with Crippen LogP contribution in [0.4, 0.5) is 0 Å². The zero-order chi connectivity index (χ0) is 21.1. The second-order valence-corrected chi connectivity index (χ2v) is 6.86. The lowest BCUT2D eigenvalue weighted by atomic mass is 10.0. The molecule has 0 aliphatic carbocycles. The van der Waals surface area contributed by atoms with E-state index in [2.05, 4.69) is 9.97 Å². The van der Waals surface area contributed by atoms with Gasteiger partial charge in [0.15, 0.2) is 22.9 Å². The van der Waals surface area contributed by atoms with Crippen molar-refractivity contribution >= 4 is 11.4 Å². The number of methoxy groups -OCH3 is 1. The van der Waals surface area contributed by atoms with E-state index in [1.54, 1.807) is 36.7 Å². The summed E-state index contributed by atoms with van der Waals surface area (Å²) < 4.78 is 7.12. The molecular weight excluding hydrogens is 382 g/mol. The van der Waals surface area contributed by atoms with Crippen molar-refractivity contribution < 1.29 is 19.7 Å². The third-order valence-corrected chi connectivity index (χ3v) is 4.91. The summed E-state index contributed by atoms with van der Waals surface area (Å²) in [5.41, 5.74) is 4.44. The molecule has 4 aromatic rings. The van der Waals surface area contributed by atoms with Crippen molar-refractivity contribution in [3.8, 4) is 34.0 Å². The molecule has 30 heavy (non-hydrogen) atoms. The van der Waals surface area contributed by atoms with Gasteiger partial charge >= 0.3 is 0 Å². The summed E-state index contributed by atoms with van der Waals surface area (Å²) in [6.07, 6.45) is 6.04. The number of hydrogen-bond donors (Lipinski definition) is 2. The number of ether oxygens (including phenoxy) is 1. The van der Waals surface area contributed by atoms with Gasteiger partial charge in [0.05, 0.1) is 30.9 Å². The Labute approximate surface area is 173 Å². The van der Waals surface area contributed by atoms with E-state index < -0.39 is 0 Å². The first-order chi connectivity index (χ1) is 14.6. The van der Waals surface area contributed by atoms with Crippen LogP contribution in [0.3, 0.4) is 0 Å². The molecule has 4 rings (SSSR count). The summed E-state index contributed by atoms with van der Waals surface area (Å²) in [5.74, 6) is 0.442. The van der Waals surface area contributed by atoms with E-state index in [9.17, 15) is 9.90 Å². The predicted molar refractivity (Wildman–Crippen MR) is 113 cm³/mol. The predicted octanol–water partition coefficient (Wildman–Crippen LogP) is 3.73. The topological polar surface area (TPSA) is 97.0 Å². The normalized spacial score (nSPS) is 11.0. The average molecular weight is 403 g/mol. The fourth-order valence-corrected chi connectivity index (χ4v) is 3.32. The van der Waals surface area contributed by atoms with Crippen molar-refractivity contribution in [2.24, 2.45) is 0 Å². The van der Waals surface area contributed by atoms with E-state index in [1.165, 1.54) is 7.11 Å². The summed E-state index contributed by atoms with van der Waals surface area (Å²) in [5, 5.41) is 18.8. The van der Waals surface area contributed by atoms with Gasteiger partial charge in [-0.1, -0.05) is 18.2 Å². The molecule has 2 aromatic heterocycles. The van der Waals surface area contributed by atoms with Crippen molar-refractivity contribution in [3.63, 3.8) is 0 Å². The number of aliphatic hydroxyl groups excluding tert-OH is 1. The number of hydrogen-bond acceptors (Lipinski definition) is 6. The second-order valence-electron chi connectivity index (χ2n) is 6.86. The smallest absolute Gasteiger partial charge is 0.162 e. The van der Waals surface area contributed by atoms with Crippen molar-refractivity contribution in [2.45, 2.75) is 12.8 Å². The van der Waals surface area contributed by atoms with E-state index in [1.807, 2.05) is 28.8 Å². The van der Waals surface area contributed by atoms with Gasteiger partial charge in [0, 0.05) is 35.9 Å². The molecule has 0 aliphatic rings. The zero-order valence-corrected chi connectivity index (χ0v) is 16.4. The molecule has 0 atom stereocenters. The Kier molecular flexibility index (Phi) is 5.45. The first-order valence-electron chi connectivity index (χ1n) is 9.55. The molecule has 7 nitrogen and oxygen atoms in total. The highest BCUT2D eigenvalue weighted by Gasteiger charge is 2.12. The lowest BCUT2D eigenvalue weighted by Gasteiger charge is -2.08. The number of aromatic hydroxyl groups is 1. The minimum atomic E-state index is -0.00788. The third-order valence-electron chi connectivity index (χ3n) is 4.91. The number of aromatic nitrogens is 3. The Hall–Kier alpha value is -3.71. The molecule has 0 saturated carbocycles. The van der Waals surface area contributed by atoms with Crippen molar-refractivity contribution in [3.05, 3.63) is 66.6 Å². The Morgan fingerprint density at radius 1 is 1.10 bits per heavy atom. The lowest BCUT2D eigenvalue weighted by Crippen LogP contribution is -2.01. The molecule has 2 aromatic carbocycles. The van der Waals surface area contributed by atoms with Gasteiger partial charge in [-0.2, -0.15) is 0 Å². The van der Waals surface area contributed by atoms with Gasteiger partial charge in [0.25, 0.3) is 0 Å². The number of benzene rings is 2. The van der Waals surface area contributed by atoms with Crippen LogP contribution in [-0.2, 0) is 0 Å². The lowest BCUT2D eigenvalue weighted by molar-refractivity contribution is 0.0971. The van der Waals surface area contributed by atoms with Crippen LogP contribution < -0.4 is 4.74 Å². The SMILES string of the molecule is COc1cc(-c2cnc3cnc(-c4cccc(C(=O)CCCO)c4)cn23)ccc1O. The molecule has 7 heteroatoms. The van der Waals surface area contributed by atoms with Crippen LogP contribution >= 0.6 is 0 Å². The van der Waals surface area contributed by atoms with E-state index in [-0.39, 0.29) is 18.1 Å². The molecular formula is C23H21N3O4. The third kappa shape index (κ3) is 3.75. The van der Waals surface area contributed by atoms with Crippen molar-refractivity contribution in [1.29, 1.82) is 0 Å². The van der Waals surface area contributed by atoms with E-state index in [0.29, 0.717) is 35.5 Å². The molecule has 0 fully saturated rings. The summed E-state index contributed by atoms with van der Waals surface area (Å²) >= 11 is 0. The number of imidazole rings is 1. The van der Waals surface area contributed by atoms with Crippen LogP contribution in [-0.4, -0.2) is 44.1 Å². The monoisotopic (exact) mass is 403 g/mol. The van der Waals surface area contributed by atoms with Gasteiger partial charge in [-0.05, 0) is 30.7 Å². The van der Waals surface area contributed by atoms with E-state index in [0.717, 1.165) is 16.8 Å². The minimum Gasteiger partial charge on any atom is -0.504 e. The number of carbonyl (C=O) groups is 1. The fraction of sp³-hybridized carbons (Fsp3) is 0.174. The number of Topliss-reactive ketones (excluding diaryl/α,β-unsaturated/α-hetero) is 1. The highest BCUT2D eigenvalue weighted by atomic mass is 16.5. The molecule has 0 radical (unpaired) electrons. The maximum Gasteiger partial charge on any atom is 0.162 e. The molecule has 0 bridgehead atoms. The molecule has 0 unspecified atom stereocenters. The highest BCUT2D eigenvalue weighted by molar-refractivity contribution is 5.97. The van der Waals surface area contributed by atoms with Crippen LogP contribution in [0.25, 0.3) is 28.2 Å². The Morgan fingerprint density at radius 2 is 1.97 bits per heavy atom.